The van der Waals surface area contributed by atoms with E-state index in [0.29, 0.717) is 18.8 Å². The van der Waals surface area contributed by atoms with Crippen molar-refractivity contribution in [3.05, 3.63) is 60.2 Å². The topological polar surface area (TPSA) is 88.2 Å². The predicted octanol–water partition coefficient (Wildman–Crippen LogP) is 4.12. The van der Waals surface area contributed by atoms with Gasteiger partial charge in [-0.2, -0.15) is 0 Å². The lowest BCUT2D eigenvalue weighted by atomic mass is 9.52. The van der Waals surface area contributed by atoms with Crippen LogP contribution in [0.1, 0.15) is 58.9 Å². The zero-order valence-corrected chi connectivity index (χ0v) is 21.8. The summed E-state index contributed by atoms with van der Waals surface area (Å²) in [6.07, 6.45) is 10.0. The number of esters is 1. The Morgan fingerprint density at radius 1 is 1.11 bits per heavy atom. The molecule has 0 radical (unpaired) electrons. The second-order valence-electron chi connectivity index (χ2n) is 11.8. The molecule has 1 spiro atoms. The van der Waals surface area contributed by atoms with Gasteiger partial charge >= 0.3 is 5.97 Å². The second kappa shape index (κ2) is 9.14. The molecule has 1 aliphatic carbocycles. The lowest BCUT2D eigenvalue weighted by molar-refractivity contribution is -0.189. The Hall–Kier alpha value is -2.44. The van der Waals surface area contributed by atoms with Crippen molar-refractivity contribution >= 4 is 11.9 Å². The fourth-order valence-corrected chi connectivity index (χ4v) is 7.24. The van der Waals surface area contributed by atoms with E-state index in [1.54, 1.807) is 0 Å². The van der Waals surface area contributed by atoms with Crippen molar-refractivity contribution in [2.75, 3.05) is 0 Å². The van der Waals surface area contributed by atoms with Crippen LogP contribution in [0.2, 0.25) is 0 Å². The summed E-state index contributed by atoms with van der Waals surface area (Å²) < 4.78 is 12.7. The molecular formula is C30H39NO5. The molecule has 36 heavy (non-hydrogen) atoms. The van der Waals surface area contributed by atoms with Gasteiger partial charge in [0, 0.05) is 18.0 Å². The van der Waals surface area contributed by atoms with Crippen molar-refractivity contribution in [1.29, 1.82) is 0 Å². The van der Waals surface area contributed by atoms with Crippen molar-refractivity contribution in [2.24, 2.45) is 23.2 Å². The second-order valence-corrected chi connectivity index (χ2v) is 11.8. The van der Waals surface area contributed by atoms with Gasteiger partial charge in [0.2, 0.25) is 5.60 Å². The molecular weight excluding hydrogens is 454 g/mol. The highest BCUT2D eigenvalue weighted by molar-refractivity contribution is 5.95. The SMILES string of the molecule is C[C@H]1C/C=C/[C@@]2(C)[C@@H]3O[C@]3(C)[C@@H](C)[C@H]3[C@H](Cc4ccccc4)NC(=O)[C@]32OC(=O)/C=C/[C@H](O)CCC1. The molecule has 2 N–H and O–H groups in total. The van der Waals surface area contributed by atoms with E-state index >= 15 is 0 Å². The number of hydrogen-bond acceptors (Lipinski definition) is 5. The number of fused-ring (bicyclic) bond motifs is 2. The van der Waals surface area contributed by atoms with Gasteiger partial charge in [-0.25, -0.2) is 4.79 Å². The van der Waals surface area contributed by atoms with Crippen LogP contribution in [0.3, 0.4) is 0 Å². The minimum absolute atomic E-state index is 0.0168. The Morgan fingerprint density at radius 2 is 1.86 bits per heavy atom. The van der Waals surface area contributed by atoms with Gasteiger partial charge in [0.15, 0.2) is 0 Å². The predicted molar refractivity (Wildman–Crippen MR) is 137 cm³/mol. The van der Waals surface area contributed by atoms with Gasteiger partial charge in [-0.1, -0.05) is 69.2 Å². The molecule has 1 saturated carbocycles. The molecule has 1 aromatic rings. The molecule has 1 amide bonds. The van der Waals surface area contributed by atoms with Crippen LogP contribution in [-0.2, 0) is 25.5 Å². The van der Waals surface area contributed by atoms with Crippen molar-refractivity contribution in [1.82, 2.24) is 5.32 Å². The first-order chi connectivity index (χ1) is 17.1. The summed E-state index contributed by atoms with van der Waals surface area (Å²) in [6, 6.07) is 9.90. The van der Waals surface area contributed by atoms with Crippen molar-refractivity contribution < 1.29 is 24.2 Å². The highest BCUT2D eigenvalue weighted by Gasteiger charge is 2.82. The Bertz CT molecular complexity index is 1070. The maximum absolute atomic E-state index is 14.0. The molecule has 0 bridgehead atoms. The van der Waals surface area contributed by atoms with E-state index in [1.807, 2.05) is 25.1 Å². The summed E-state index contributed by atoms with van der Waals surface area (Å²) in [6.45, 7) is 8.47. The summed E-state index contributed by atoms with van der Waals surface area (Å²) >= 11 is 0. The first kappa shape index (κ1) is 25.2. The number of hydrogen-bond donors (Lipinski definition) is 2. The van der Waals surface area contributed by atoms with E-state index < -0.39 is 28.7 Å². The maximum atomic E-state index is 14.0. The average Bonchev–Trinajstić information content (AvgIpc) is 3.48. The normalized spacial score (nSPS) is 46.2. The number of aliphatic hydroxyl groups is 1. The molecule has 2 saturated heterocycles. The Balaban J connectivity index is 1.61. The number of allylic oxidation sites excluding steroid dienone is 1. The van der Waals surface area contributed by atoms with Crippen LogP contribution in [0.25, 0.3) is 0 Å². The Kier molecular flexibility index (Phi) is 6.40. The van der Waals surface area contributed by atoms with E-state index in [-0.39, 0.29) is 29.9 Å². The molecule has 3 heterocycles. The quantitative estimate of drug-likeness (QED) is 0.368. The van der Waals surface area contributed by atoms with Crippen LogP contribution in [-0.4, -0.2) is 46.4 Å². The molecule has 6 nitrogen and oxygen atoms in total. The molecule has 4 aliphatic rings. The van der Waals surface area contributed by atoms with Gasteiger partial charge in [-0.05, 0) is 56.6 Å². The van der Waals surface area contributed by atoms with E-state index in [1.165, 1.54) is 12.2 Å². The largest absolute Gasteiger partial charge is 0.444 e. The summed E-state index contributed by atoms with van der Waals surface area (Å²) in [5.74, 6) is -0.716. The third kappa shape index (κ3) is 3.93. The molecule has 3 fully saturated rings. The third-order valence-corrected chi connectivity index (χ3v) is 9.39. The van der Waals surface area contributed by atoms with Gasteiger partial charge < -0.3 is 19.9 Å². The van der Waals surface area contributed by atoms with Gasteiger partial charge in [0.25, 0.3) is 5.91 Å². The molecule has 3 aliphatic heterocycles. The summed E-state index contributed by atoms with van der Waals surface area (Å²) in [5.41, 5.74) is -1.52. The minimum Gasteiger partial charge on any atom is -0.444 e. The number of rotatable bonds is 2. The number of amides is 1. The van der Waals surface area contributed by atoms with E-state index in [9.17, 15) is 14.7 Å². The van der Waals surface area contributed by atoms with E-state index in [2.05, 4.69) is 50.4 Å². The molecule has 194 valence electrons. The Morgan fingerprint density at radius 3 is 2.61 bits per heavy atom. The lowest BCUT2D eigenvalue weighted by Crippen LogP contribution is -2.66. The van der Waals surface area contributed by atoms with Crippen LogP contribution in [0, 0.1) is 23.2 Å². The standard InChI is InChI=1S/C30H39NO5/c1-19-10-8-14-22(32)15-16-24(33)35-30-25(23(31-27(30)34)18-21-12-6-5-7-13-21)20(2)29(4)26(36-29)28(30,3)17-9-11-19/h5-7,9,12-13,15-17,19-20,22-23,25-26,32H,8,10-11,14,18H2,1-4H3,(H,31,34)/b16-15+,17-9+/t19-,20+,22-,23+,25+,26+,28+,29-,30-/m1/s1. The monoisotopic (exact) mass is 493 g/mol. The van der Waals surface area contributed by atoms with Gasteiger partial charge in [-0.15, -0.1) is 0 Å². The van der Waals surface area contributed by atoms with Crippen LogP contribution in [0.5, 0.6) is 0 Å². The fourth-order valence-electron chi connectivity index (χ4n) is 7.24. The number of epoxide rings is 1. The van der Waals surface area contributed by atoms with Crippen LogP contribution < -0.4 is 5.32 Å². The third-order valence-electron chi connectivity index (χ3n) is 9.39. The Labute approximate surface area is 214 Å². The summed E-state index contributed by atoms with van der Waals surface area (Å²) in [5, 5.41) is 13.6. The first-order valence-electron chi connectivity index (χ1n) is 13.4. The molecule has 6 heteroatoms. The summed E-state index contributed by atoms with van der Waals surface area (Å²) in [4.78, 5) is 27.3. The molecule has 0 aromatic heterocycles. The maximum Gasteiger partial charge on any atom is 0.331 e. The molecule has 1 aromatic carbocycles. The zero-order valence-electron chi connectivity index (χ0n) is 21.8. The van der Waals surface area contributed by atoms with E-state index in [4.69, 9.17) is 9.47 Å². The zero-order chi connectivity index (χ0) is 25.7. The number of aliphatic hydroxyl groups excluding tert-OH is 1. The average molecular weight is 494 g/mol. The number of ether oxygens (including phenoxy) is 2. The summed E-state index contributed by atoms with van der Waals surface area (Å²) in [7, 11) is 0. The number of benzene rings is 1. The number of nitrogens with one attached hydrogen (secondary N) is 1. The van der Waals surface area contributed by atoms with Crippen LogP contribution in [0.15, 0.2) is 54.6 Å². The van der Waals surface area contributed by atoms with Gasteiger partial charge in [0.1, 0.15) is 6.10 Å². The molecule has 9 atom stereocenters. The minimum atomic E-state index is -1.41. The number of carbonyl (C=O) groups excluding carboxylic acids is 2. The van der Waals surface area contributed by atoms with E-state index in [0.717, 1.165) is 24.8 Å². The van der Waals surface area contributed by atoms with Crippen molar-refractivity contribution in [3.63, 3.8) is 0 Å². The smallest absolute Gasteiger partial charge is 0.331 e. The highest BCUT2D eigenvalue weighted by atomic mass is 16.6. The van der Waals surface area contributed by atoms with Crippen LogP contribution in [0.4, 0.5) is 0 Å². The van der Waals surface area contributed by atoms with Crippen LogP contribution >= 0.6 is 0 Å². The van der Waals surface area contributed by atoms with Gasteiger partial charge in [-0.3, -0.25) is 4.79 Å². The number of carbonyl (C=O) groups is 2. The highest BCUT2D eigenvalue weighted by Crippen LogP contribution is 2.68. The molecule has 0 unspecified atom stereocenters. The fraction of sp³-hybridized carbons (Fsp3) is 0.600. The van der Waals surface area contributed by atoms with Crippen molar-refractivity contribution in [3.8, 4) is 0 Å². The van der Waals surface area contributed by atoms with Gasteiger partial charge in [0.05, 0.1) is 17.1 Å². The molecule has 5 rings (SSSR count). The van der Waals surface area contributed by atoms with Crippen molar-refractivity contribution in [2.45, 2.75) is 89.3 Å². The lowest BCUT2D eigenvalue weighted by Gasteiger charge is -2.51. The first-order valence-corrected chi connectivity index (χ1v) is 13.4.